The molecule has 0 unspecified atom stereocenters. The van der Waals surface area contributed by atoms with Crippen LogP contribution < -0.4 is 5.32 Å². The van der Waals surface area contributed by atoms with E-state index in [0.29, 0.717) is 31.8 Å². The number of amides is 2. The fourth-order valence-electron chi connectivity index (χ4n) is 3.51. The van der Waals surface area contributed by atoms with Crippen LogP contribution in [0.5, 0.6) is 0 Å². The van der Waals surface area contributed by atoms with Crippen LogP contribution in [0.4, 0.5) is 14.5 Å². The summed E-state index contributed by atoms with van der Waals surface area (Å²) in [6.07, 6.45) is 1.07. The number of hydrogen-bond donors (Lipinski definition) is 1. The number of rotatable bonds is 4. The first-order valence-corrected chi connectivity index (χ1v) is 9.51. The van der Waals surface area contributed by atoms with Crippen LogP contribution in [-0.4, -0.2) is 29.8 Å². The monoisotopic (exact) mass is 386 g/mol. The van der Waals surface area contributed by atoms with Gasteiger partial charge in [0.15, 0.2) is 11.6 Å². The minimum absolute atomic E-state index is 0.0481. The fourth-order valence-corrected chi connectivity index (χ4v) is 3.51. The van der Waals surface area contributed by atoms with Crippen LogP contribution in [0.15, 0.2) is 42.5 Å². The summed E-state index contributed by atoms with van der Waals surface area (Å²) in [5.74, 6) is -2.30. The molecule has 1 saturated heterocycles. The maximum Gasteiger partial charge on any atom is 0.253 e. The number of carbonyl (C=O) groups excluding carboxylic acids is 2. The van der Waals surface area contributed by atoms with Crippen molar-refractivity contribution in [1.29, 1.82) is 0 Å². The summed E-state index contributed by atoms with van der Waals surface area (Å²) in [6.45, 7) is 4.96. The van der Waals surface area contributed by atoms with Gasteiger partial charge in [0, 0.05) is 30.3 Å². The molecule has 6 heteroatoms. The average Bonchev–Trinajstić information content (AvgIpc) is 2.70. The zero-order chi connectivity index (χ0) is 20.3. The summed E-state index contributed by atoms with van der Waals surface area (Å²) >= 11 is 0. The molecule has 1 fully saturated rings. The molecular weight excluding hydrogens is 362 g/mol. The molecule has 28 heavy (non-hydrogen) atoms. The molecule has 0 spiro atoms. The van der Waals surface area contributed by atoms with Crippen LogP contribution in [0.25, 0.3) is 0 Å². The van der Waals surface area contributed by atoms with Gasteiger partial charge >= 0.3 is 0 Å². The Morgan fingerprint density at radius 1 is 1.04 bits per heavy atom. The van der Waals surface area contributed by atoms with E-state index in [4.69, 9.17) is 0 Å². The standard InChI is InChI=1S/C22H24F2N2O2/c1-14(2)17-5-3-4-6-20(17)25-21(27)15-9-11-26(12-10-15)22(28)16-7-8-18(23)19(24)13-16/h3-8,13-15H,9-12H2,1-2H3,(H,25,27). The summed E-state index contributed by atoms with van der Waals surface area (Å²) < 4.78 is 26.4. The molecule has 2 aromatic rings. The van der Waals surface area contributed by atoms with Gasteiger partial charge in [0.25, 0.3) is 5.91 Å². The maximum atomic E-state index is 13.4. The Hall–Kier alpha value is -2.76. The minimum Gasteiger partial charge on any atom is -0.339 e. The molecule has 1 N–H and O–H groups in total. The number of anilines is 1. The molecule has 2 amide bonds. The van der Waals surface area contributed by atoms with Crippen molar-refractivity contribution in [1.82, 2.24) is 4.90 Å². The van der Waals surface area contributed by atoms with Gasteiger partial charge in [0.05, 0.1) is 0 Å². The molecule has 3 rings (SSSR count). The van der Waals surface area contributed by atoms with E-state index in [1.165, 1.54) is 6.07 Å². The summed E-state index contributed by atoms with van der Waals surface area (Å²) in [4.78, 5) is 26.7. The summed E-state index contributed by atoms with van der Waals surface area (Å²) in [5.41, 5.74) is 2.03. The molecule has 1 aliphatic heterocycles. The van der Waals surface area contributed by atoms with Gasteiger partial charge in [-0.25, -0.2) is 8.78 Å². The Labute approximate surface area is 163 Å². The lowest BCUT2D eigenvalue weighted by atomic mass is 9.94. The Morgan fingerprint density at radius 2 is 1.71 bits per heavy atom. The van der Waals surface area contributed by atoms with E-state index in [1.807, 2.05) is 24.3 Å². The Morgan fingerprint density at radius 3 is 2.36 bits per heavy atom. The van der Waals surface area contributed by atoms with Crippen molar-refractivity contribution in [2.45, 2.75) is 32.6 Å². The van der Waals surface area contributed by atoms with E-state index in [0.717, 1.165) is 23.4 Å². The van der Waals surface area contributed by atoms with Gasteiger partial charge in [-0.15, -0.1) is 0 Å². The number of benzene rings is 2. The van der Waals surface area contributed by atoms with Crippen molar-refractivity contribution in [3.05, 3.63) is 65.2 Å². The van der Waals surface area contributed by atoms with Gasteiger partial charge < -0.3 is 10.2 Å². The third-order valence-corrected chi connectivity index (χ3v) is 5.16. The highest BCUT2D eigenvalue weighted by Crippen LogP contribution is 2.26. The van der Waals surface area contributed by atoms with E-state index < -0.39 is 11.6 Å². The van der Waals surface area contributed by atoms with Gasteiger partial charge in [-0.05, 0) is 48.6 Å². The average molecular weight is 386 g/mol. The van der Waals surface area contributed by atoms with Crippen LogP contribution >= 0.6 is 0 Å². The number of likely N-dealkylation sites (tertiary alicyclic amines) is 1. The number of nitrogens with zero attached hydrogens (tertiary/aromatic N) is 1. The second-order valence-corrected chi connectivity index (χ2v) is 7.43. The first kappa shape index (κ1) is 20.0. The predicted octanol–water partition coefficient (Wildman–Crippen LogP) is 4.58. The van der Waals surface area contributed by atoms with E-state index in [-0.39, 0.29) is 23.3 Å². The molecule has 2 aromatic carbocycles. The predicted molar refractivity (Wildman–Crippen MR) is 104 cm³/mol. The first-order chi connectivity index (χ1) is 13.4. The zero-order valence-corrected chi connectivity index (χ0v) is 16.0. The highest BCUT2D eigenvalue weighted by Gasteiger charge is 2.28. The van der Waals surface area contributed by atoms with Crippen molar-refractivity contribution in [3.63, 3.8) is 0 Å². The summed E-state index contributed by atoms with van der Waals surface area (Å²) in [7, 11) is 0. The van der Waals surface area contributed by atoms with Crippen LogP contribution in [-0.2, 0) is 4.79 Å². The molecule has 0 aliphatic carbocycles. The Balaban J connectivity index is 1.60. The van der Waals surface area contributed by atoms with Crippen LogP contribution in [0.2, 0.25) is 0 Å². The molecule has 4 nitrogen and oxygen atoms in total. The second-order valence-electron chi connectivity index (χ2n) is 7.43. The molecule has 0 atom stereocenters. The molecule has 0 aromatic heterocycles. The Bertz CT molecular complexity index is 875. The number of halogens is 2. The van der Waals surface area contributed by atoms with Gasteiger partial charge in [-0.2, -0.15) is 0 Å². The number of para-hydroxylation sites is 1. The number of carbonyl (C=O) groups is 2. The highest BCUT2D eigenvalue weighted by atomic mass is 19.2. The lowest BCUT2D eigenvalue weighted by Gasteiger charge is -2.31. The SMILES string of the molecule is CC(C)c1ccccc1NC(=O)C1CCN(C(=O)c2ccc(F)c(F)c2)CC1. The van der Waals surface area contributed by atoms with Gasteiger partial charge in [0.2, 0.25) is 5.91 Å². The lowest BCUT2D eigenvalue weighted by molar-refractivity contribution is -0.121. The third-order valence-electron chi connectivity index (χ3n) is 5.16. The smallest absolute Gasteiger partial charge is 0.253 e. The van der Waals surface area contributed by atoms with E-state index in [9.17, 15) is 18.4 Å². The molecule has 0 radical (unpaired) electrons. The van der Waals surface area contributed by atoms with Crippen molar-refractivity contribution < 1.29 is 18.4 Å². The third kappa shape index (κ3) is 4.38. The second kappa shape index (κ2) is 8.50. The molecular formula is C22H24F2N2O2. The van der Waals surface area contributed by atoms with Crippen LogP contribution in [0.3, 0.4) is 0 Å². The Kier molecular flexibility index (Phi) is 6.07. The quantitative estimate of drug-likeness (QED) is 0.836. The minimum atomic E-state index is -1.04. The molecule has 0 saturated carbocycles. The first-order valence-electron chi connectivity index (χ1n) is 9.51. The van der Waals surface area contributed by atoms with Crippen molar-refractivity contribution in [3.8, 4) is 0 Å². The van der Waals surface area contributed by atoms with Crippen molar-refractivity contribution in [2.75, 3.05) is 18.4 Å². The molecule has 1 heterocycles. The van der Waals surface area contributed by atoms with E-state index in [1.54, 1.807) is 4.90 Å². The van der Waals surface area contributed by atoms with Crippen molar-refractivity contribution in [2.24, 2.45) is 5.92 Å². The van der Waals surface area contributed by atoms with E-state index >= 15 is 0 Å². The zero-order valence-electron chi connectivity index (χ0n) is 16.0. The van der Waals surface area contributed by atoms with Crippen LogP contribution in [0, 0.1) is 17.6 Å². The molecule has 0 bridgehead atoms. The summed E-state index contributed by atoms with van der Waals surface area (Å²) in [5, 5.41) is 3.02. The largest absolute Gasteiger partial charge is 0.339 e. The van der Waals surface area contributed by atoms with Gasteiger partial charge in [-0.1, -0.05) is 32.0 Å². The highest BCUT2D eigenvalue weighted by molar-refractivity contribution is 5.95. The van der Waals surface area contributed by atoms with Gasteiger partial charge in [-0.3, -0.25) is 9.59 Å². The topological polar surface area (TPSA) is 49.4 Å². The molecule has 1 aliphatic rings. The lowest BCUT2D eigenvalue weighted by Crippen LogP contribution is -2.41. The van der Waals surface area contributed by atoms with Crippen molar-refractivity contribution >= 4 is 17.5 Å². The number of nitrogens with one attached hydrogen (secondary N) is 1. The van der Waals surface area contributed by atoms with Crippen LogP contribution in [0.1, 0.15) is 48.5 Å². The fraction of sp³-hybridized carbons (Fsp3) is 0.364. The summed E-state index contributed by atoms with van der Waals surface area (Å²) in [6, 6.07) is 10.9. The van der Waals surface area contributed by atoms with E-state index in [2.05, 4.69) is 19.2 Å². The molecule has 148 valence electrons. The normalized spacial score (nSPS) is 15.0. The maximum absolute atomic E-state index is 13.4. The number of hydrogen-bond acceptors (Lipinski definition) is 2. The number of piperidine rings is 1. The van der Waals surface area contributed by atoms with Gasteiger partial charge in [0.1, 0.15) is 0 Å².